The molecule has 1 fully saturated rings. The second kappa shape index (κ2) is 11.4. The van der Waals surface area contributed by atoms with Gasteiger partial charge in [-0.3, -0.25) is 0 Å². The maximum Gasteiger partial charge on any atom is 0.342 e. The second-order valence-corrected chi connectivity index (χ2v) is 6.73. The van der Waals surface area contributed by atoms with Crippen LogP contribution in [0.3, 0.4) is 0 Å². The predicted octanol–water partition coefficient (Wildman–Crippen LogP) is 4.32. The van der Waals surface area contributed by atoms with Gasteiger partial charge in [0.25, 0.3) is 0 Å². The van der Waals surface area contributed by atoms with Crippen LogP contribution in [0.4, 0.5) is 0 Å². The van der Waals surface area contributed by atoms with Gasteiger partial charge in [-0.25, -0.2) is 19.4 Å². The van der Waals surface area contributed by atoms with E-state index in [1.165, 1.54) is 51.4 Å². The summed E-state index contributed by atoms with van der Waals surface area (Å²) in [6.07, 6.45) is 12.9. The lowest BCUT2D eigenvalue weighted by molar-refractivity contribution is -0.487. The van der Waals surface area contributed by atoms with Gasteiger partial charge in [0.05, 0.1) is 0 Å². The molecule has 1 aliphatic rings. The zero-order valence-corrected chi connectivity index (χ0v) is 14.8. The number of aliphatic carboxylic acids is 2. The van der Waals surface area contributed by atoms with Crippen molar-refractivity contribution in [3.63, 3.8) is 0 Å². The molecule has 0 amide bonds. The van der Waals surface area contributed by atoms with Crippen molar-refractivity contribution in [1.29, 1.82) is 0 Å². The molecule has 0 aromatic rings. The summed E-state index contributed by atoms with van der Waals surface area (Å²) < 4.78 is 0. The average molecular weight is 344 g/mol. The van der Waals surface area contributed by atoms with E-state index in [0.29, 0.717) is 6.42 Å². The third kappa shape index (κ3) is 6.40. The fourth-order valence-corrected chi connectivity index (χ4v) is 3.11. The lowest BCUT2D eigenvalue weighted by Gasteiger charge is -2.40. The molecular weight excluding hydrogens is 312 g/mol. The van der Waals surface area contributed by atoms with Gasteiger partial charge >= 0.3 is 11.9 Å². The fraction of sp³-hybridized carbons (Fsp3) is 0.889. The molecule has 1 rings (SSSR count). The Kier molecular flexibility index (Phi) is 9.95. The normalized spacial score (nSPS) is 23.0. The Morgan fingerprint density at radius 1 is 0.833 bits per heavy atom. The average Bonchev–Trinajstić information content (AvgIpc) is 2.50. The number of rotatable bonds is 15. The molecule has 140 valence electrons. The molecule has 6 heteroatoms. The van der Waals surface area contributed by atoms with Crippen molar-refractivity contribution in [2.75, 3.05) is 0 Å². The van der Waals surface area contributed by atoms with Gasteiger partial charge in [-0.2, -0.15) is 0 Å². The van der Waals surface area contributed by atoms with E-state index >= 15 is 0 Å². The van der Waals surface area contributed by atoms with Crippen LogP contribution in [0.5, 0.6) is 0 Å². The smallest absolute Gasteiger partial charge is 0.342 e. The minimum absolute atomic E-state index is 0.177. The van der Waals surface area contributed by atoms with Crippen molar-refractivity contribution in [1.82, 2.24) is 0 Å². The molecule has 0 bridgehead atoms. The van der Waals surface area contributed by atoms with Crippen molar-refractivity contribution >= 4 is 11.9 Å². The molecule has 0 spiro atoms. The highest BCUT2D eigenvalue weighted by Crippen LogP contribution is 2.36. The third-order valence-corrected chi connectivity index (χ3v) is 4.70. The van der Waals surface area contributed by atoms with E-state index in [1.807, 2.05) is 0 Å². The van der Waals surface area contributed by atoms with Crippen LogP contribution in [0, 0.1) is 0 Å². The van der Waals surface area contributed by atoms with Crippen molar-refractivity contribution in [3.8, 4) is 0 Å². The van der Waals surface area contributed by atoms with Crippen molar-refractivity contribution in [2.45, 2.75) is 102 Å². The molecule has 1 heterocycles. The van der Waals surface area contributed by atoms with E-state index in [2.05, 4.69) is 16.7 Å². The summed E-state index contributed by atoms with van der Waals surface area (Å²) in [5.41, 5.74) is -1.70. The zero-order chi connectivity index (χ0) is 17.8. The highest BCUT2D eigenvalue weighted by molar-refractivity contribution is 5.88. The maximum atomic E-state index is 11.3. The van der Waals surface area contributed by atoms with E-state index < -0.39 is 23.6 Å². The molecule has 2 N–H and O–H groups in total. The first kappa shape index (κ1) is 20.9. The van der Waals surface area contributed by atoms with Gasteiger partial charge in [0.2, 0.25) is 11.7 Å². The number of carbonyl (C=O) groups is 2. The summed E-state index contributed by atoms with van der Waals surface area (Å²) in [6.45, 7) is 2.23. The van der Waals surface area contributed by atoms with Gasteiger partial charge in [-0.05, 0) is 12.8 Å². The maximum absolute atomic E-state index is 11.3. The Hall–Kier alpha value is -1.14. The molecule has 2 unspecified atom stereocenters. The van der Waals surface area contributed by atoms with Crippen molar-refractivity contribution < 1.29 is 29.6 Å². The number of hydrogen-bond acceptors (Lipinski definition) is 4. The van der Waals surface area contributed by atoms with Crippen LogP contribution >= 0.6 is 0 Å². The van der Waals surface area contributed by atoms with Crippen LogP contribution in [-0.4, -0.2) is 33.9 Å². The van der Waals surface area contributed by atoms with Gasteiger partial charge in [0.15, 0.2) is 0 Å². The minimum atomic E-state index is -1.70. The van der Waals surface area contributed by atoms with Gasteiger partial charge in [-0.1, -0.05) is 77.6 Å². The Morgan fingerprint density at radius 2 is 1.29 bits per heavy atom. The summed E-state index contributed by atoms with van der Waals surface area (Å²) in [5, 5.41) is 18.2. The molecule has 24 heavy (non-hydrogen) atoms. The lowest BCUT2D eigenvalue weighted by Crippen LogP contribution is -2.64. The number of hydrogen-bond donors (Lipinski definition) is 2. The van der Waals surface area contributed by atoms with Crippen LogP contribution < -0.4 is 0 Å². The highest BCUT2D eigenvalue weighted by Gasteiger charge is 2.61. The van der Waals surface area contributed by atoms with Crippen LogP contribution in [-0.2, 0) is 19.4 Å². The third-order valence-electron chi connectivity index (χ3n) is 4.70. The predicted molar refractivity (Wildman–Crippen MR) is 89.7 cm³/mol. The van der Waals surface area contributed by atoms with Gasteiger partial charge in [0, 0.05) is 0 Å². The molecule has 0 saturated carbocycles. The first-order valence-corrected chi connectivity index (χ1v) is 9.35. The second-order valence-electron chi connectivity index (χ2n) is 6.73. The first-order chi connectivity index (χ1) is 11.5. The Labute approximate surface area is 144 Å². The summed E-state index contributed by atoms with van der Waals surface area (Å²) >= 11 is 0. The molecule has 0 radical (unpaired) electrons. The molecule has 0 aromatic heterocycles. The van der Waals surface area contributed by atoms with Crippen molar-refractivity contribution in [2.24, 2.45) is 0 Å². The molecule has 2 atom stereocenters. The van der Waals surface area contributed by atoms with E-state index in [9.17, 15) is 14.7 Å². The van der Waals surface area contributed by atoms with Gasteiger partial charge < -0.3 is 10.2 Å². The summed E-state index contributed by atoms with van der Waals surface area (Å²) in [6, 6.07) is 0. The van der Waals surface area contributed by atoms with Crippen LogP contribution in [0.25, 0.3) is 0 Å². The Morgan fingerprint density at radius 3 is 1.62 bits per heavy atom. The molecule has 1 saturated heterocycles. The first-order valence-electron chi connectivity index (χ1n) is 9.35. The van der Waals surface area contributed by atoms with Gasteiger partial charge in [-0.15, -0.1) is 0 Å². The fourth-order valence-electron chi connectivity index (χ4n) is 3.11. The standard InChI is InChI=1S/C18H32O6/c1-2-3-4-5-6-7-8-9-10-11-12-13-14-18(17(21)22)15(16(19)20)23-24-18/h15H,2-14H2,1H3,(H,19,20)(H,21,22). The quantitative estimate of drug-likeness (QED) is 0.339. The summed E-state index contributed by atoms with van der Waals surface area (Å²) in [7, 11) is 0. The number of unbranched alkanes of at least 4 members (excludes halogenated alkanes) is 11. The molecule has 1 aliphatic heterocycles. The summed E-state index contributed by atoms with van der Waals surface area (Å²) in [5.74, 6) is -2.55. The molecular formula is C18H32O6. The van der Waals surface area contributed by atoms with E-state index in [-0.39, 0.29) is 6.42 Å². The molecule has 0 aliphatic carbocycles. The van der Waals surface area contributed by atoms with Crippen LogP contribution in [0.2, 0.25) is 0 Å². The largest absolute Gasteiger partial charge is 0.479 e. The van der Waals surface area contributed by atoms with Crippen LogP contribution in [0.15, 0.2) is 0 Å². The highest BCUT2D eigenvalue weighted by atomic mass is 17.3. The van der Waals surface area contributed by atoms with Gasteiger partial charge in [0.1, 0.15) is 0 Å². The zero-order valence-electron chi connectivity index (χ0n) is 14.8. The SMILES string of the molecule is CCCCCCCCCCCCCCC1(C(=O)O)OOC1C(=O)O. The molecule has 6 nitrogen and oxygen atoms in total. The number of carboxylic acid groups (broad SMARTS) is 2. The Balaban J connectivity index is 2.01. The Bertz CT molecular complexity index is 384. The topological polar surface area (TPSA) is 93.1 Å². The van der Waals surface area contributed by atoms with E-state index in [1.54, 1.807) is 0 Å². The van der Waals surface area contributed by atoms with E-state index in [4.69, 9.17) is 5.11 Å². The monoisotopic (exact) mass is 344 g/mol. The molecule has 0 aromatic carbocycles. The minimum Gasteiger partial charge on any atom is -0.479 e. The van der Waals surface area contributed by atoms with E-state index in [0.717, 1.165) is 19.3 Å². The van der Waals surface area contributed by atoms with Crippen molar-refractivity contribution in [3.05, 3.63) is 0 Å². The number of carboxylic acids is 2. The van der Waals surface area contributed by atoms with Crippen LogP contribution in [0.1, 0.15) is 90.4 Å². The lowest BCUT2D eigenvalue weighted by atomic mass is 9.88. The summed E-state index contributed by atoms with van der Waals surface area (Å²) in [4.78, 5) is 31.4.